The largest absolute Gasteiger partial charge is 0.497 e. The topological polar surface area (TPSA) is 99.9 Å². The number of rotatable bonds is 6. The van der Waals surface area contributed by atoms with Crippen molar-refractivity contribution in [3.8, 4) is 5.75 Å². The zero-order chi connectivity index (χ0) is 30.2. The molecule has 3 aromatic rings. The van der Waals surface area contributed by atoms with E-state index in [1.807, 2.05) is 39.8 Å². The molecule has 0 aliphatic carbocycles. The van der Waals surface area contributed by atoms with Gasteiger partial charge in [-0.2, -0.15) is 4.39 Å². The number of fused-ring (bicyclic) bond motifs is 1. The van der Waals surface area contributed by atoms with Gasteiger partial charge < -0.3 is 14.4 Å². The molecule has 11 nitrogen and oxygen atoms in total. The molecule has 0 spiro atoms. The SMILES string of the molecule is COc1ccc(CN2C(=O)CCN(c3c(F)nn4ccc(CN5CCN(C(=O)OC(C)(C)C)[C@@H](C)C5)cc34)C2=O)cc1. The lowest BCUT2D eigenvalue weighted by atomic mass is 10.1. The Balaban J connectivity index is 1.32. The van der Waals surface area contributed by atoms with Crippen molar-refractivity contribution in [2.75, 3.05) is 38.2 Å². The number of methoxy groups -OCH3 is 1. The third kappa shape index (κ3) is 6.18. The number of aromatic nitrogens is 2. The van der Waals surface area contributed by atoms with E-state index in [2.05, 4.69) is 10.00 Å². The van der Waals surface area contributed by atoms with Crippen LogP contribution in [0.15, 0.2) is 42.6 Å². The Morgan fingerprint density at radius 1 is 1.05 bits per heavy atom. The van der Waals surface area contributed by atoms with Crippen LogP contribution >= 0.6 is 0 Å². The molecule has 2 aliphatic heterocycles. The first-order valence-electron chi connectivity index (χ1n) is 14.1. The molecule has 2 fully saturated rings. The standard InChI is InChI=1S/C30H37FN6O5/c1-20-17-33(14-15-34(20)29(40)42-30(2,3)4)18-22-10-13-37-24(16-22)26(27(31)32-37)35-12-11-25(38)36(28(35)39)19-21-6-8-23(41-5)9-7-21/h6-10,13,16,20H,11-12,14-15,17-19H2,1-5H3/t20-/m0/s1. The van der Waals surface area contributed by atoms with Gasteiger partial charge in [0, 0.05) is 51.4 Å². The van der Waals surface area contributed by atoms with Crippen molar-refractivity contribution < 1.29 is 28.2 Å². The lowest BCUT2D eigenvalue weighted by molar-refractivity contribution is -0.129. The summed E-state index contributed by atoms with van der Waals surface area (Å²) < 4.78 is 27.4. The van der Waals surface area contributed by atoms with E-state index in [0.717, 1.165) is 16.0 Å². The van der Waals surface area contributed by atoms with Crippen LogP contribution < -0.4 is 9.64 Å². The highest BCUT2D eigenvalue weighted by Crippen LogP contribution is 2.30. The van der Waals surface area contributed by atoms with E-state index in [1.54, 1.807) is 42.5 Å². The van der Waals surface area contributed by atoms with Crippen LogP contribution in [0.5, 0.6) is 5.75 Å². The fourth-order valence-corrected chi connectivity index (χ4v) is 5.39. The van der Waals surface area contributed by atoms with E-state index in [-0.39, 0.29) is 43.2 Å². The fourth-order valence-electron chi connectivity index (χ4n) is 5.39. The van der Waals surface area contributed by atoms with E-state index in [1.165, 1.54) is 9.42 Å². The molecular formula is C30H37FN6O5. The van der Waals surface area contributed by atoms with Crippen LogP contribution in [-0.4, -0.2) is 87.3 Å². The van der Waals surface area contributed by atoms with E-state index in [0.29, 0.717) is 37.4 Å². The van der Waals surface area contributed by atoms with Crippen LogP contribution in [0.2, 0.25) is 0 Å². The average Bonchev–Trinajstić information content (AvgIpc) is 3.25. The summed E-state index contributed by atoms with van der Waals surface area (Å²) >= 11 is 0. The van der Waals surface area contributed by atoms with Crippen LogP contribution in [0.1, 0.15) is 45.2 Å². The molecule has 4 heterocycles. The Kier molecular flexibility index (Phi) is 8.09. The normalized spacial score (nSPS) is 18.6. The highest BCUT2D eigenvalue weighted by atomic mass is 19.1. The molecule has 0 saturated carbocycles. The maximum absolute atomic E-state index is 15.3. The number of urea groups is 1. The van der Waals surface area contributed by atoms with E-state index < -0.39 is 17.6 Å². The maximum atomic E-state index is 15.3. The van der Waals surface area contributed by atoms with Crippen molar-refractivity contribution in [1.82, 2.24) is 24.3 Å². The van der Waals surface area contributed by atoms with Gasteiger partial charge >= 0.3 is 12.1 Å². The predicted octanol–water partition coefficient (Wildman–Crippen LogP) is 4.28. The van der Waals surface area contributed by atoms with Gasteiger partial charge in [-0.1, -0.05) is 12.1 Å². The van der Waals surface area contributed by atoms with Gasteiger partial charge in [-0.25, -0.2) is 14.1 Å². The van der Waals surface area contributed by atoms with Crippen LogP contribution in [-0.2, 0) is 22.6 Å². The van der Waals surface area contributed by atoms with Crippen LogP contribution in [0, 0.1) is 5.95 Å². The summed E-state index contributed by atoms with van der Waals surface area (Å²) in [6.45, 7) is 10.1. The number of halogens is 1. The molecule has 2 aliphatic rings. The molecule has 42 heavy (non-hydrogen) atoms. The van der Waals surface area contributed by atoms with Crippen molar-refractivity contribution in [3.05, 3.63) is 59.7 Å². The van der Waals surface area contributed by atoms with Gasteiger partial charge in [-0.3, -0.25) is 19.5 Å². The summed E-state index contributed by atoms with van der Waals surface area (Å²) in [6, 6.07) is 10.2. The number of hydrogen-bond donors (Lipinski definition) is 0. The average molecular weight is 581 g/mol. The molecule has 2 saturated heterocycles. The Bertz CT molecular complexity index is 1480. The zero-order valence-corrected chi connectivity index (χ0v) is 24.7. The van der Waals surface area contributed by atoms with Crippen molar-refractivity contribution in [1.29, 1.82) is 0 Å². The summed E-state index contributed by atoms with van der Waals surface area (Å²) in [5, 5.41) is 4.00. The second kappa shape index (κ2) is 11.6. The summed E-state index contributed by atoms with van der Waals surface area (Å²) in [6.07, 6.45) is 1.42. The molecular weight excluding hydrogens is 543 g/mol. The van der Waals surface area contributed by atoms with Gasteiger partial charge in [0.25, 0.3) is 5.95 Å². The fraction of sp³-hybridized carbons (Fsp3) is 0.467. The molecule has 0 unspecified atom stereocenters. The summed E-state index contributed by atoms with van der Waals surface area (Å²) in [7, 11) is 1.56. The van der Waals surface area contributed by atoms with Gasteiger partial charge in [-0.05, 0) is 63.1 Å². The van der Waals surface area contributed by atoms with Crippen LogP contribution in [0.25, 0.3) is 5.52 Å². The Labute approximate surface area is 244 Å². The quantitative estimate of drug-likeness (QED) is 0.429. The van der Waals surface area contributed by atoms with Gasteiger partial charge in [0.05, 0.1) is 19.2 Å². The molecule has 2 aromatic heterocycles. The number of anilines is 1. The molecule has 0 radical (unpaired) electrons. The minimum absolute atomic E-state index is 0.0412. The first kappa shape index (κ1) is 29.3. The Morgan fingerprint density at radius 2 is 1.79 bits per heavy atom. The van der Waals surface area contributed by atoms with Gasteiger partial charge in [0.15, 0.2) is 0 Å². The minimum Gasteiger partial charge on any atom is -0.497 e. The highest BCUT2D eigenvalue weighted by Gasteiger charge is 2.36. The van der Waals surface area contributed by atoms with Crippen molar-refractivity contribution in [3.63, 3.8) is 0 Å². The van der Waals surface area contributed by atoms with Crippen molar-refractivity contribution in [2.45, 2.75) is 58.8 Å². The minimum atomic E-state index is -0.779. The molecule has 224 valence electrons. The summed E-state index contributed by atoms with van der Waals surface area (Å²) in [4.78, 5) is 45.3. The second-order valence-corrected chi connectivity index (χ2v) is 11.8. The summed E-state index contributed by atoms with van der Waals surface area (Å²) in [5.74, 6) is -0.427. The second-order valence-electron chi connectivity index (χ2n) is 11.8. The lowest BCUT2D eigenvalue weighted by Gasteiger charge is -2.40. The highest BCUT2D eigenvalue weighted by molar-refractivity contribution is 6.07. The maximum Gasteiger partial charge on any atom is 0.410 e. The molecule has 12 heteroatoms. The lowest BCUT2D eigenvalue weighted by Crippen LogP contribution is -2.54. The van der Waals surface area contributed by atoms with Gasteiger partial charge in [-0.15, -0.1) is 5.10 Å². The number of ether oxygens (including phenoxy) is 2. The smallest absolute Gasteiger partial charge is 0.410 e. The van der Waals surface area contributed by atoms with Crippen molar-refractivity contribution in [2.24, 2.45) is 0 Å². The van der Waals surface area contributed by atoms with Gasteiger partial charge in [0.2, 0.25) is 5.91 Å². The van der Waals surface area contributed by atoms with Crippen LogP contribution in [0.3, 0.4) is 0 Å². The third-order valence-corrected chi connectivity index (χ3v) is 7.46. The number of nitrogens with zero attached hydrogens (tertiary/aromatic N) is 6. The molecule has 5 rings (SSSR count). The van der Waals surface area contributed by atoms with Gasteiger partial charge in [0.1, 0.15) is 17.0 Å². The number of carbonyl (C=O) groups is 3. The molecule has 0 bridgehead atoms. The number of amides is 4. The number of pyridine rings is 1. The number of imide groups is 1. The monoisotopic (exact) mass is 580 g/mol. The number of hydrogen-bond acceptors (Lipinski definition) is 7. The zero-order valence-electron chi connectivity index (χ0n) is 24.7. The molecule has 0 N–H and O–H groups in total. The first-order valence-corrected chi connectivity index (χ1v) is 14.1. The Hall–Kier alpha value is -4.19. The molecule has 1 aromatic carbocycles. The summed E-state index contributed by atoms with van der Waals surface area (Å²) in [5.41, 5.74) is 1.60. The molecule has 1 atom stereocenters. The van der Waals surface area contributed by atoms with E-state index >= 15 is 4.39 Å². The number of piperazine rings is 1. The van der Waals surface area contributed by atoms with Crippen LogP contribution in [0.4, 0.5) is 19.7 Å². The van der Waals surface area contributed by atoms with E-state index in [4.69, 9.17) is 9.47 Å². The Morgan fingerprint density at radius 3 is 2.45 bits per heavy atom. The molecule has 4 amide bonds. The number of benzene rings is 1. The van der Waals surface area contributed by atoms with E-state index in [9.17, 15) is 14.4 Å². The third-order valence-electron chi connectivity index (χ3n) is 7.46. The number of carbonyl (C=O) groups excluding carboxylic acids is 3. The van der Waals surface area contributed by atoms with Crippen molar-refractivity contribution >= 4 is 29.2 Å². The first-order chi connectivity index (χ1) is 19.9. The predicted molar refractivity (Wildman–Crippen MR) is 154 cm³/mol.